The molecular formula is C19H24FNO4. The molecule has 0 aliphatic carbocycles. The maximum atomic E-state index is 12.9. The summed E-state index contributed by atoms with van der Waals surface area (Å²) in [7, 11) is 1.61. The standard InChI is InChI=1S/C19H24FNO4/c1-14(2)12-21(10-11-23-3)19(22)18-9-8-17(25-18)13-24-16-6-4-15(20)5-7-16/h4-9,14H,10-13H2,1-3H3. The first kappa shape index (κ1) is 19.0. The van der Waals surface area contributed by atoms with Crippen LogP contribution in [0.4, 0.5) is 4.39 Å². The van der Waals surface area contributed by atoms with Gasteiger partial charge in [0.1, 0.15) is 23.9 Å². The Bertz CT molecular complexity index is 666. The quantitative estimate of drug-likeness (QED) is 0.692. The molecular weight excluding hydrogens is 325 g/mol. The highest BCUT2D eigenvalue weighted by atomic mass is 19.1. The third-order valence-corrected chi connectivity index (χ3v) is 3.51. The van der Waals surface area contributed by atoms with Crippen molar-refractivity contribution in [1.29, 1.82) is 0 Å². The predicted molar refractivity (Wildman–Crippen MR) is 92.1 cm³/mol. The number of carbonyl (C=O) groups is 1. The molecule has 0 unspecified atom stereocenters. The maximum Gasteiger partial charge on any atom is 0.289 e. The number of nitrogens with zero attached hydrogens (tertiary/aromatic N) is 1. The second kappa shape index (κ2) is 9.22. The second-order valence-corrected chi connectivity index (χ2v) is 6.15. The number of halogens is 1. The van der Waals surface area contributed by atoms with E-state index in [4.69, 9.17) is 13.9 Å². The first-order chi connectivity index (χ1) is 12.0. The Morgan fingerprint density at radius 1 is 1.20 bits per heavy atom. The summed E-state index contributed by atoms with van der Waals surface area (Å²) in [6.07, 6.45) is 0. The Hall–Kier alpha value is -2.34. The van der Waals surface area contributed by atoms with Gasteiger partial charge in [0.2, 0.25) is 0 Å². The summed E-state index contributed by atoms with van der Waals surface area (Å²) >= 11 is 0. The molecule has 0 radical (unpaired) electrons. The molecule has 1 amide bonds. The fourth-order valence-corrected chi connectivity index (χ4v) is 2.33. The molecule has 0 bridgehead atoms. The van der Waals surface area contributed by atoms with Crippen LogP contribution >= 0.6 is 0 Å². The second-order valence-electron chi connectivity index (χ2n) is 6.15. The number of amides is 1. The van der Waals surface area contributed by atoms with Crippen LogP contribution in [0.5, 0.6) is 5.75 Å². The summed E-state index contributed by atoms with van der Waals surface area (Å²) in [5, 5.41) is 0. The van der Waals surface area contributed by atoms with Crippen molar-refractivity contribution in [3.63, 3.8) is 0 Å². The molecule has 5 nitrogen and oxygen atoms in total. The minimum atomic E-state index is -0.320. The molecule has 25 heavy (non-hydrogen) atoms. The number of benzene rings is 1. The smallest absolute Gasteiger partial charge is 0.289 e. The summed E-state index contributed by atoms with van der Waals surface area (Å²) in [6.45, 7) is 5.88. The third kappa shape index (κ3) is 5.90. The molecule has 0 fully saturated rings. The zero-order chi connectivity index (χ0) is 18.2. The monoisotopic (exact) mass is 349 g/mol. The van der Waals surface area contributed by atoms with Crippen LogP contribution in [0.1, 0.15) is 30.2 Å². The van der Waals surface area contributed by atoms with Gasteiger partial charge in [-0.15, -0.1) is 0 Å². The third-order valence-electron chi connectivity index (χ3n) is 3.51. The summed E-state index contributed by atoms with van der Waals surface area (Å²) < 4.78 is 29.1. The van der Waals surface area contributed by atoms with E-state index in [-0.39, 0.29) is 24.1 Å². The summed E-state index contributed by atoms with van der Waals surface area (Å²) in [5.74, 6) is 1.20. The highest BCUT2D eigenvalue weighted by Gasteiger charge is 2.20. The first-order valence-electron chi connectivity index (χ1n) is 8.25. The van der Waals surface area contributed by atoms with Crippen molar-refractivity contribution in [2.45, 2.75) is 20.5 Å². The van der Waals surface area contributed by atoms with E-state index in [0.717, 1.165) is 0 Å². The van der Waals surface area contributed by atoms with Crippen molar-refractivity contribution in [3.05, 3.63) is 53.7 Å². The van der Waals surface area contributed by atoms with Crippen LogP contribution in [0, 0.1) is 11.7 Å². The van der Waals surface area contributed by atoms with Crippen LogP contribution in [-0.4, -0.2) is 37.6 Å². The fourth-order valence-electron chi connectivity index (χ4n) is 2.33. The SMILES string of the molecule is COCCN(CC(C)C)C(=O)c1ccc(COc2ccc(F)cc2)o1. The minimum Gasteiger partial charge on any atom is -0.486 e. The van der Waals surface area contributed by atoms with Crippen LogP contribution in [0.15, 0.2) is 40.8 Å². The molecule has 0 N–H and O–H groups in total. The molecule has 1 heterocycles. The van der Waals surface area contributed by atoms with Gasteiger partial charge in [0.05, 0.1) is 6.61 Å². The van der Waals surface area contributed by atoms with E-state index < -0.39 is 0 Å². The normalized spacial score (nSPS) is 10.9. The molecule has 0 spiro atoms. The Morgan fingerprint density at radius 3 is 2.56 bits per heavy atom. The van der Waals surface area contributed by atoms with Crippen molar-refractivity contribution < 1.29 is 23.1 Å². The summed E-state index contributed by atoms with van der Waals surface area (Å²) in [6, 6.07) is 9.09. The van der Waals surface area contributed by atoms with Gasteiger partial charge >= 0.3 is 0 Å². The van der Waals surface area contributed by atoms with Crippen molar-refractivity contribution in [1.82, 2.24) is 4.90 Å². The van der Waals surface area contributed by atoms with E-state index in [9.17, 15) is 9.18 Å². The van der Waals surface area contributed by atoms with Crippen molar-refractivity contribution in [3.8, 4) is 5.75 Å². The topological polar surface area (TPSA) is 51.9 Å². The zero-order valence-corrected chi connectivity index (χ0v) is 14.8. The highest BCUT2D eigenvalue weighted by molar-refractivity contribution is 5.91. The van der Waals surface area contributed by atoms with Crippen LogP contribution in [0.2, 0.25) is 0 Å². The molecule has 136 valence electrons. The Morgan fingerprint density at radius 2 is 1.92 bits per heavy atom. The van der Waals surface area contributed by atoms with Crippen LogP contribution in [0.3, 0.4) is 0 Å². The van der Waals surface area contributed by atoms with Gasteiger partial charge in [-0.2, -0.15) is 0 Å². The van der Waals surface area contributed by atoms with Gasteiger partial charge in [-0.25, -0.2) is 4.39 Å². The van der Waals surface area contributed by atoms with Gasteiger partial charge in [-0.05, 0) is 42.3 Å². The molecule has 2 rings (SSSR count). The number of hydrogen-bond acceptors (Lipinski definition) is 4. The average Bonchev–Trinajstić information content (AvgIpc) is 3.06. The minimum absolute atomic E-state index is 0.168. The zero-order valence-electron chi connectivity index (χ0n) is 14.8. The van der Waals surface area contributed by atoms with Crippen LogP contribution in [-0.2, 0) is 11.3 Å². The van der Waals surface area contributed by atoms with Gasteiger partial charge in [-0.3, -0.25) is 4.79 Å². The van der Waals surface area contributed by atoms with Crippen molar-refractivity contribution in [2.24, 2.45) is 5.92 Å². The van der Waals surface area contributed by atoms with Crippen LogP contribution in [0.25, 0.3) is 0 Å². The van der Waals surface area contributed by atoms with Gasteiger partial charge in [-0.1, -0.05) is 13.8 Å². The molecule has 0 aliphatic heterocycles. The molecule has 0 saturated carbocycles. The van der Waals surface area contributed by atoms with Crippen LogP contribution < -0.4 is 4.74 Å². The Labute approximate surface area is 147 Å². The van der Waals surface area contributed by atoms with Gasteiger partial charge in [0.25, 0.3) is 5.91 Å². The lowest BCUT2D eigenvalue weighted by atomic mass is 10.2. The average molecular weight is 349 g/mol. The largest absolute Gasteiger partial charge is 0.486 e. The molecule has 0 saturated heterocycles. The van der Waals surface area contributed by atoms with Gasteiger partial charge < -0.3 is 18.8 Å². The Kier molecular flexibility index (Phi) is 7.01. The number of carbonyl (C=O) groups excluding carboxylic acids is 1. The molecule has 1 aromatic heterocycles. The fraction of sp³-hybridized carbons (Fsp3) is 0.421. The molecule has 1 aromatic carbocycles. The maximum absolute atomic E-state index is 12.9. The number of rotatable bonds is 9. The molecule has 0 aliphatic rings. The van der Waals surface area contributed by atoms with E-state index in [1.165, 1.54) is 12.1 Å². The lowest BCUT2D eigenvalue weighted by Gasteiger charge is -2.23. The van der Waals surface area contributed by atoms with E-state index in [1.807, 2.05) is 0 Å². The molecule has 2 aromatic rings. The van der Waals surface area contributed by atoms with E-state index in [0.29, 0.717) is 37.1 Å². The predicted octanol–water partition coefficient (Wildman–Crippen LogP) is 3.74. The first-order valence-corrected chi connectivity index (χ1v) is 8.25. The Balaban J connectivity index is 1.97. The molecule has 6 heteroatoms. The number of methoxy groups -OCH3 is 1. The lowest BCUT2D eigenvalue weighted by molar-refractivity contribution is 0.0637. The van der Waals surface area contributed by atoms with Gasteiger partial charge in [0, 0.05) is 20.2 Å². The molecule has 0 atom stereocenters. The number of furan rings is 1. The van der Waals surface area contributed by atoms with Crippen molar-refractivity contribution in [2.75, 3.05) is 26.8 Å². The highest BCUT2D eigenvalue weighted by Crippen LogP contribution is 2.16. The lowest BCUT2D eigenvalue weighted by Crippen LogP contribution is -2.36. The van der Waals surface area contributed by atoms with E-state index >= 15 is 0 Å². The number of ether oxygens (including phenoxy) is 2. The summed E-state index contributed by atoms with van der Waals surface area (Å²) in [4.78, 5) is 14.3. The van der Waals surface area contributed by atoms with Gasteiger partial charge in [0.15, 0.2) is 5.76 Å². The van der Waals surface area contributed by atoms with Crippen molar-refractivity contribution >= 4 is 5.91 Å². The van der Waals surface area contributed by atoms with E-state index in [2.05, 4.69) is 13.8 Å². The summed E-state index contributed by atoms with van der Waals surface area (Å²) in [5.41, 5.74) is 0. The van der Waals surface area contributed by atoms with E-state index in [1.54, 1.807) is 36.3 Å². The number of hydrogen-bond donors (Lipinski definition) is 0.